The smallest absolute Gasteiger partial charge is 0.262 e. The number of hydrogen-bond acceptors (Lipinski definition) is 9. The Kier molecular flexibility index (Phi) is 8.39. The molecular weight excluding hydrogens is 555 g/mol. The Morgan fingerprint density at radius 2 is 1.73 bits per heavy atom. The van der Waals surface area contributed by atoms with Gasteiger partial charge in [-0.1, -0.05) is 25.7 Å². The molecule has 40 heavy (non-hydrogen) atoms. The first-order chi connectivity index (χ1) is 19.0. The monoisotopic (exact) mass is 586 g/mol. The molecule has 0 fully saturated rings. The third-order valence-electron chi connectivity index (χ3n) is 5.97. The molecule has 0 atom stereocenters. The number of nitrogens with zero attached hydrogens (tertiary/aromatic N) is 6. The van der Waals surface area contributed by atoms with Crippen LogP contribution in [-0.4, -0.2) is 62.0 Å². The maximum atomic E-state index is 14.2. The van der Waals surface area contributed by atoms with Crippen LogP contribution in [0.3, 0.4) is 0 Å². The fraction of sp³-hybridized carbons (Fsp3) is 0.308. The molecule has 0 unspecified atom stereocenters. The first kappa shape index (κ1) is 29.0. The Morgan fingerprint density at radius 3 is 2.27 bits per heavy atom. The number of methoxy groups -OCH3 is 2. The van der Waals surface area contributed by atoms with Crippen LogP contribution in [0.1, 0.15) is 12.7 Å². The van der Waals surface area contributed by atoms with Crippen molar-refractivity contribution in [3.63, 3.8) is 0 Å². The van der Waals surface area contributed by atoms with Gasteiger partial charge in [-0.25, -0.2) is 27.1 Å². The summed E-state index contributed by atoms with van der Waals surface area (Å²) in [6.07, 6.45) is 4.72. The van der Waals surface area contributed by atoms with Crippen molar-refractivity contribution >= 4 is 30.1 Å². The summed E-state index contributed by atoms with van der Waals surface area (Å²) in [5.74, 6) is 0.863. The van der Waals surface area contributed by atoms with Gasteiger partial charge in [0.1, 0.15) is 17.2 Å². The van der Waals surface area contributed by atoms with Gasteiger partial charge < -0.3 is 13.9 Å². The van der Waals surface area contributed by atoms with E-state index in [1.54, 1.807) is 34.9 Å². The predicted molar refractivity (Wildman–Crippen MR) is 152 cm³/mol. The van der Waals surface area contributed by atoms with Crippen LogP contribution in [0.5, 0.6) is 11.5 Å². The third kappa shape index (κ3) is 6.07. The molecule has 0 aliphatic carbocycles. The largest absolute Gasteiger partial charge is 0.494 e. The van der Waals surface area contributed by atoms with Gasteiger partial charge in [0.15, 0.2) is 17.4 Å². The second-order valence-electron chi connectivity index (χ2n) is 10.0. The zero-order valence-corrected chi connectivity index (χ0v) is 24.9. The lowest BCUT2D eigenvalue weighted by atomic mass is 10.2. The zero-order valence-electron chi connectivity index (χ0n) is 23.1. The second-order valence-corrected chi connectivity index (χ2v) is 17.7. The molecule has 4 rings (SSSR count). The maximum absolute atomic E-state index is 14.2. The van der Waals surface area contributed by atoms with Gasteiger partial charge in [0.25, 0.3) is 10.0 Å². The first-order valence-corrected chi connectivity index (χ1v) is 17.5. The van der Waals surface area contributed by atoms with E-state index in [2.05, 4.69) is 39.8 Å². The summed E-state index contributed by atoms with van der Waals surface area (Å²) in [5.41, 5.74) is 0.399. The molecule has 4 aromatic rings. The predicted octanol–water partition coefficient (Wildman–Crippen LogP) is 5.01. The van der Waals surface area contributed by atoms with E-state index in [0.717, 1.165) is 12.4 Å². The van der Waals surface area contributed by atoms with Crippen LogP contribution in [0, 0.1) is 5.82 Å². The molecule has 0 saturated carbocycles. The molecular formula is C26H31FN6O5SSi. The number of furan rings is 1. The van der Waals surface area contributed by atoms with Gasteiger partial charge >= 0.3 is 0 Å². The molecule has 0 saturated heterocycles. The van der Waals surface area contributed by atoms with Crippen molar-refractivity contribution in [3.8, 4) is 28.8 Å². The highest BCUT2D eigenvalue weighted by atomic mass is 32.2. The van der Waals surface area contributed by atoms with E-state index in [0.29, 0.717) is 29.0 Å². The van der Waals surface area contributed by atoms with E-state index in [1.807, 2.05) is 0 Å². The van der Waals surface area contributed by atoms with Crippen LogP contribution in [0.25, 0.3) is 23.3 Å². The number of sulfonamides is 1. The van der Waals surface area contributed by atoms with Gasteiger partial charge in [0, 0.05) is 14.6 Å². The van der Waals surface area contributed by atoms with E-state index in [-0.39, 0.29) is 29.0 Å². The van der Waals surface area contributed by atoms with E-state index < -0.39 is 23.9 Å². The highest BCUT2D eigenvalue weighted by Gasteiger charge is 2.34. The van der Waals surface area contributed by atoms with Crippen molar-refractivity contribution in [2.75, 3.05) is 25.1 Å². The van der Waals surface area contributed by atoms with E-state index >= 15 is 0 Å². The minimum Gasteiger partial charge on any atom is -0.494 e. The molecule has 1 aromatic carbocycles. The summed E-state index contributed by atoms with van der Waals surface area (Å²) in [5, 5.41) is 8.71. The Hall–Kier alpha value is -4.04. The van der Waals surface area contributed by atoms with Gasteiger partial charge in [0.2, 0.25) is 11.8 Å². The molecule has 212 valence electrons. The Morgan fingerprint density at radius 1 is 1.07 bits per heavy atom. The van der Waals surface area contributed by atoms with Crippen LogP contribution < -0.4 is 13.8 Å². The molecule has 0 amide bonds. The third-order valence-corrected chi connectivity index (χ3v) is 9.55. The molecule has 14 heteroatoms. The summed E-state index contributed by atoms with van der Waals surface area (Å²) in [6.45, 7) is 8.00. The highest BCUT2D eigenvalue weighted by molar-refractivity contribution is 7.96. The quantitative estimate of drug-likeness (QED) is 0.223. The van der Waals surface area contributed by atoms with Crippen molar-refractivity contribution in [1.29, 1.82) is 0 Å². The average Bonchev–Trinajstić information content (AvgIpc) is 3.59. The Bertz CT molecular complexity index is 1580. The first-order valence-electron chi connectivity index (χ1n) is 12.4. The van der Waals surface area contributed by atoms with Gasteiger partial charge in [0.05, 0.1) is 37.8 Å². The topological polar surface area (TPSA) is 125 Å². The lowest BCUT2D eigenvalue weighted by Crippen LogP contribution is -2.38. The fourth-order valence-electron chi connectivity index (χ4n) is 3.85. The van der Waals surface area contributed by atoms with Crippen LogP contribution in [-0.2, 0) is 10.0 Å². The summed E-state index contributed by atoms with van der Waals surface area (Å²) in [4.78, 5) is 7.70. The SMILES string of the molecule is COc1cccc(OC)c1-n1c(-c2ccco2)nnc1N(CC[Si](C)(C)C)S(=O)(=O)/C(C)=C/c1ncc(F)cn1. The maximum Gasteiger partial charge on any atom is 0.262 e. The molecule has 0 N–H and O–H groups in total. The number of rotatable bonds is 11. The highest BCUT2D eigenvalue weighted by Crippen LogP contribution is 2.39. The van der Waals surface area contributed by atoms with Crippen LogP contribution >= 0.6 is 0 Å². The zero-order chi connectivity index (χ0) is 29.1. The lowest BCUT2D eigenvalue weighted by molar-refractivity contribution is 0.391. The van der Waals surface area contributed by atoms with E-state index in [9.17, 15) is 12.8 Å². The van der Waals surface area contributed by atoms with Crippen molar-refractivity contribution in [2.24, 2.45) is 0 Å². The lowest BCUT2D eigenvalue weighted by Gasteiger charge is -2.27. The summed E-state index contributed by atoms with van der Waals surface area (Å²) in [6, 6.07) is 9.23. The number of allylic oxidation sites excluding steroid dienone is 1. The summed E-state index contributed by atoms with van der Waals surface area (Å²) >= 11 is 0. The molecule has 3 heterocycles. The van der Waals surface area contributed by atoms with Crippen molar-refractivity contribution < 1.29 is 26.7 Å². The minimum absolute atomic E-state index is 0.0141. The van der Waals surface area contributed by atoms with Gasteiger partial charge in [-0.15, -0.1) is 10.2 Å². The molecule has 0 aliphatic rings. The summed E-state index contributed by atoms with van der Waals surface area (Å²) < 4.78 is 61.4. The van der Waals surface area contributed by atoms with E-state index in [1.165, 1.54) is 37.8 Å². The molecule has 0 spiro atoms. The molecule has 0 aliphatic heterocycles. The normalized spacial score (nSPS) is 12.4. The number of anilines is 1. The number of ether oxygens (including phenoxy) is 2. The summed E-state index contributed by atoms with van der Waals surface area (Å²) in [7, 11) is -2.94. The molecule has 0 bridgehead atoms. The Labute approximate surface area is 233 Å². The van der Waals surface area contributed by atoms with Crippen molar-refractivity contribution in [2.45, 2.75) is 32.6 Å². The van der Waals surface area contributed by atoms with Gasteiger partial charge in [-0.2, -0.15) is 0 Å². The van der Waals surface area contributed by atoms with Crippen LogP contribution in [0.4, 0.5) is 10.3 Å². The van der Waals surface area contributed by atoms with Gasteiger partial charge in [-0.3, -0.25) is 4.57 Å². The van der Waals surface area contributed by atoms with Gasteiger partial charge in [-0.05, 0) is 43.3 Å². The van der Waals surface area contributed by atoms with Crippen molar-refractivity contribution in [3.05, 3.63) is 65.5 Å². The standard InChI is InChI=1S/C26H31FN6O5SSi/c1-18(15-23-28-16-19(27)17-29-23)39(34,35)32(12-14-40(4,5)6)26-31-30-25(22-11-8-13-38-22)33(26)24-20(36-2)9-7-10-21(24)37-3/h7-11,13,15-17H,12,14H2,1-6H3/b18-15+. The van der Waals surface area contributed by atoms with E-state index in [4.69, 9.17) is 13.9 Å². The number of halogens is 1. The second kappa shape index (κ2) is 11.6. The van der Waals surface area contributed by atoms with Crippen LogP contribution in [0.15, 0.2) is 58.3 Å². The molecule has 3 aromatic heterocycles. The average molecular weight is 587 g/mol. The van der Waals surface area contributed by atoms with Crippen LogP contribution in [0.2, 0.25) is 25.7 Å². The number of para-hydroxylation sites is 1. The minimum atomic E-state index is -4.20. The molecule has 0 radical (unpaired) electrons. The fourth-order valence-corrected chi connectivity index (χ4v) is 6.18. The Balaban J connectivity index is 1.98. The number of hydrogen-bond donors (Lipinski definition) is 0. The number of benzene rings is 1. The van der Waals surface area contributed by atoms with Crippen molar-refractivity contribution in [1.82, 2.24) is 24.7 Å². The number of aromatic nitrogens is 5. The molecule has 11 nitrogen and oxygen atoms in total.